The van der Waals surface area contributed by atoms with E-state index in [1.54, 1.807) is 6.92 Å². The second kappa shape index (κ2) is 7.16. The summed E-state index contributed by atoms with van der Waals surface area (Å²) in [6.45, 7) is 6.03. The molecule has 2 atom stereocenters. The van der Waals surface area contributed by atoms with Crippen LogP contribution < -0.4 is 5.32 Å². The summed E-state index contributed by atoms with van der Waals surface area (Å²) in [5, 5.41) is 2.47. The Hall–Kier alpha value is -1.36. The van der Waals surface area contributed by atoms with Gasteiger partial charge >= 0.3 is 5.97 Å². The molecule has 1 N–H and O–H groups in total. The molecule has 18 heavy (non-hydrogen) atoms. The second-order valence-electron chi connectivity index (χ2n) is 4.35. The van der Waals surface area contributed by atoms with Crippen LogP contribution in [-0.2, 0) is 19.1 Å². The van der Waals surface area contributed by atoms with Crippen LogP contribution in [-0.4, -0.2) is 31.2 Å². The van der Waals surface area contributed by atoms with Crippen LogP contribution in [0.2, 0.25) is 0 Å². The van der Waals surface area contributed by atoms with Gasteiger partial charge in [0.05, 0.1) is 18.8 Å². The molecule has 1 fully saturated rings. The molecule has 1 aliphatic rings. The van der Waals surface area contributed by atoms with Gasteiger partial charge in [0.25, 0.3) is 0 Å². The van der Waals surface area contributed by atoms with Gasteiger partial charge in [0, 0.05) is 0 Å². The summed E-state index contributed by atoms with van der Waals surface area (Å²) in [4.78, 5) is 22.4. The molecule has 0 aromatic heterocycles. The van der Waals surface area contributed by atoms with E-state index in [0.29, 0.717) is 25.9 Å². The lowest BCUT2D eigenvalue weighted by molar-refractivity contribution is -0.139. The van der Waals surface area contributed by atoms with Crippen LogP contribution in [0.3, 0.4) is 0 Å². The van der Waals surface area contributed by atoms with Gasteiger partial charge < -0.3 is 14.8 Å². The average molecular weight is 255 g/mol. The van der Waals surface area contributed by atoms with Crippen LogP contribution >= 0.6 is 0 Å². The van der Waals surface area contributed by atoms with Gasteiger partial charge in [-0.15, -0.1) is 0 Å². The van der Waals surface area contributed by atoms with E-state index < -0.39 is 5.97 Å². The molecule has 0 spiro atoms. The summed E-state index contributed by atoms with van der Waals surface area (Å²) in [5.41, 5.74) is 1.19. The van der Waals surface area contributed by atoms with Crippen LogP contribution in [0.4, 0.5) is 0 Å². The smallest absolute Gasteiger partial charge is 0.354 e. The number of amides is 1. The SMILES string of the molecule is CCOC(=O)/C(NC=O)=C1\C[C@@H](CC)O[C@H](C)C1. The molecule has 1 heterocycles. The molecule has 0 aliphatic carbocycles. The molecule has 1 aliphatic heterocycles. The quantitative estimate of drug-likeness (QED) is 0.459. The zero-order chi connectivity index (χ0) is 13.5. The summed E-state index contributed by atoms with van der Waals surface area (Å²) < 4.78 is 10.7. The fraction of sp³-hybridized carbons (Fsp3) is 0.692. The van der Waals surface area contributed by atoms with Crippen LogP contribution in [0.1, 0.15) is 40.0 Å². The Morgan fingerprint density at radius 2 is 2.22 bits per heavy atom. The number of nitrogens with one attached hydrogen (secondary N) is 1. The second-order valence-corrected chi connectivity index (χ2v) is 4.35. The van der Waals surface area contributed by atoms with Crippen molar-refractivity contribution in [3.05, 3.63) is 11.3 Å². The number of rotatable bonds is 5. The Labute approximate surface area is 108 Å². The van der Waals surface area contributed by atoms with Crippen LogP contribution in [0.25, 0.3) is 0 Å². The van der Waals surface area contributed by atoms with Crippen LogP contribution in [0, 0.1) is 0 Å². The Balaban J connectivity index is 2.94. The third kappa shape index (κ3) is 3.84. The van der Waals surface area contributed by atoms with E-state index in [-0.39, 0.29) is 17.9 Å². The van der Waals surface area contributed by atoms with Gasteiger partial charge in [-0.05, 0) is 38.7 Å². The summed E-state index contributed by atoms with van der Waals surface area (Å²) >= 11 is 0. The highest BCUT2D eigenvalue weighted by Gasteiger charge is 2.26. The Kier molecular flexibility index (Phi) is 5.85. The highest BCUT2D eigenvalue weighted by Crippen LogP contribution is 2.27. The van der Waals surface area contributed by atoms with Crippen molar-refractivity contribution in [1.82, 2.24) is 5.32 Å². The van der Waals surface area contributed by atoms with Gasteiger partial charge in [-0.25, -0.2) is 4.79 Å². The molecule has 1 saturated heterocycles. The van der Waals surface area contributed by atoms with Crippen molar-refractivity contribution < 1.29 is 19.1 Å². The predicted molar refractivity (Wildman–Crippen MR) is 66.7 cm³/mol. The molecule has 1 amide bonds. The van der Waals surface area contributed by atoms with Crippen LogP contribution in [0.5, 0.6) is 0 Å². The molecular weight excluding hydrogens is 234 g/mol. The normalized spacial score (nSPS) is 26.4. The number of carbonyl (C=O) groups excluding carboxylic acids is 2. The van der Waals surface area contributed by atoms with E-state index in [2.05, 4.69) is 5.32 Å². The number of hydrogen-bond donors (Lipinski definition) is 1. The fourth-order valence-corrected chi connectivity index (χ4v) is 2.14. The van der Waals surface area contributed by atoms with Crippen molar-refractivity contribution in [2.24, 2.45) is 0 Å². The first kappa shape index (κ1) is 14.7. The number of ether oxygens (including phenoxy) is 2. The predicted octanol–water partition coefficient (Wildman–Crippen LogP) is 1.53. The van der Waals surface area contributed by atoms with E-state index in [4.69, 9.17) is 9.47 Å². The zero-order valence-corrected chi connectivity index (χ0v) is 11.2. The van der Waals surface area contributed by atoms with Crippen molar-refractivity contribution in [3.8, 4) is 0 Å². The van der Waals surface area contributed by atoms with Gasteiger partial charge in [0.1, 0.15) is 5.70 Å². The highest BCUT2D eigenvalue weighted by atomic mass is 16.5. The Morgan fingerprint density at radius 3 is 2.78 bits per heavy atom. The van der Waals surface area contributed by atoms with E-state index >= 15 is 0 Å². The molecule has 102 valence electrons. The summed E-state index contributed by atoms with van der Waals surface area (Å²) in [5.74, 6) is -0.469. The monoisotopic (exact) mass is 255 g/mol. The van der Waals surface area contributed by atoms with E-state index in [0.717, 1.165) is 12.0 Å². The Morgan fingerprint density at radius 1 is 1.50 bits per heavy atom. The van der Waals surface area contributed by atoms with Crippen LogP contribution in [0.15, 0.2) is 11.3 Å². The molecule has 0 saturated carbocycles. The molecular formula is C13H21NO4. The fourth-order valence-electron chi connectivity index (χ4n) is 2.14. The van der Waals surface area contributed by atoms with E-state index in [9.17, 15) is 9.59 Å². The molecule has 5 nitrogen and oxygen atoms in total. The first-order chi connectivity index (χ1) is 8.62. The first-order valence-electron chi connectivity index (χ1n) is 6.37. The number of esters is 1. The maximum absolute atomic E-state index is 11.8. The lowest BCUT2D eigenvalue weighted by Crippen LogP contribution is -2.31. The molecule has 1 rings (SSSR count). The van der Waals surface area contributed by atoms with Gasteiger partial charge in [-0.1, -0.05) is 6.92 Å². The van der Waals surface area contributed by atoms with E-state index in [1.807, 2.05) is 13.8 Å². The Bertz CT molecular complexity index is 338. The maximum Gasteiger partial charge on any atom is 0.354 e. The minimum atomic E-state index is -0.469. The molecule has 0 aromatic rings. The largest absolute Gasteiger partial charge is 0.461 e. The highest BCUT2D eigenvalue weighted by molar-refractivity contribution is 5.91. The molecule has 5 heteroatoms. The third-order valence-electron chi connectivity index (χ3n) is 2.92. The summed E-state index contributed by atoms with van der Waals surface area (Å²) in [7, 11) is 0. The van der Waals surface area contributed by atoms with Gasteiger partial charge in [-0.2, -0.15) is 0 Å². The molecule has 0 bridgehead atoms. The number of hydrogen-bond acceptors (Lipinski definition) is 4. The zero-order valence-electron chi connectivity index (χ0n) is 11.2. The van der Waals surface area contributed by atoms with Gasteiger partial charge in [0.15, 0.2) is 0 Å². The minimum absolute atomic E-state index is 0.0524. The van der Waals surface area contributed by atoms with Crippen molar-refractivity contribution in [2.75, 3.05) is 6.61 Å². The maximum atomic E-state index is 11.8. The van der Waals surface area contributed by atoms with Crippen molar-refractivity contribution in [2.45, 2.75) is 52.2 Å². The molecule has 0 radical (unpaired) electrons. The first-order valence-corrected chi connectivity index (χ1v) is 6.37. The summed E-state index contributed by atoms with van der Waals surface area (Å²) in [6, 6.07) is 0. The van der Waals surface area contributed by atoms with E-state index in [1.165, 1.54) is 0 Å². The van der Waals surface area contributed by atoms with Crippen molar-refractivity contribution >= 4 is 12.4 Å². The third-order valence-corrected chi connectivity index (χ3v) is 2.92. The molecule has 0 unspecified atom stereocenters. The van der Waals surface area contributed by atoms with Gasteiger partial charge in [0.2, 0.25) is 6.41 Å². The minimum Gasteiger partial charge on any atom is -0.461 e. The average Bonchev–Trinajstić information content (AvgIpc) is 2.35. The van der Waals surface area contributed by atoms with Crippen molar-refractivity contribution in [3.63, 3.8) is 0 Å². The lowest BCUT2D eigenvalue weighted by Gasteiger charge is -2.30. The standard InChI is InChI=1S/C13H21NO4/c1-4-11-7-10(6-9(3)18-11)12(14-8-15)13(16)17-5-2/h8-9,11H,4-7H2,1-3H3,(H,14,15)/b12-10+/t9-,11-/m1/s1. The lowest BCUT2D eigenvalue weighted by atomic mass is 9.95. The number of carbonyl (C=O) groups is 2. The topological polar surface area (TPSA) is 64.6 Å². The molecule has 0 aromatic carbocycles. The summed E-state index contributed by atoms with van der Waals surface area (Å²) in [6.07, 6.45) is 2.85. The van der Waals surface area contributed by atoms with Gasteiger partial charge in [-0.3, -0.25) is 4.79 Å². The van der Waals surface area contributed by atoms with Crippen molar-refractivity contribution in [1.29, 1.82) is 0 Å².